The average Bonchev–Trinajstić information content (AvgIpc) is 2.38. The summed E-state index contributed by atoms with van der Waals surface area (Å²) in [6.07, 6.45) is -4.41. The standard InChI is InChI=1S/C14H18F5N/c1-3-9-20-12(13(15,16)14(17,18)19)11-7-5-10(4-2)6-8-11/h5-8,12,20H,3-4,9H2,1-2H3. The largest absolute Gasteiger partial charge is 0.455 e. The molecule has 20 heavy (non-hydrogen) atoms. The number of alkyl halides is 5. The van der Waals surface area contributed by atoms with E-state index in [1.54, 1.807) is 19.1 Å². The van der Waals surface area contributed by atoms with Crippen LogP contribution in [0.2, 0.25) is 0 Å². The summed E-state index contributed by atoms with van der Waals surface area (Å²) in [4.78, 5) is 0. The van der Waals surface area contributed by atoms with Crippen molar-refractivity contribution in [2.45, 2.75) is 44.8 Å². The lowest BCUT2D eigenvalue weighted by Gasteiger charge is -2.30. The van der Waals surface area contributed by atoms with Gasteiger partial charge in [-0.15, -0.1) is 0 Å². The molecular weight excluding hydrogens is 277 g/mol. The van der Waals surface area contributed by atoms with E-state index in [4.69, 9.17) is 0 Å². The first-order chi connectivity index (χ1) is 9.24. The second-order valence-electron chi connectivity index (χ2n) is 4.60. The van der Waals surface area contributed by atoms with Crippen molar-refractivity contribution in [3.8, 4) is 0 Å². The van der Waals surface area contributed by atoms with Gasteiger partial charge >= 0.3 is 12.1 Å². The first-order valence-corrected chi connectivity index (χ1v) is 6.50. The average molecular weight is 295 g/mol. The number of halogens is 5. The van der Waals surface area contributed by atoms with E-state index < -0.39 is 18.1 Å². The van der Waals surface area contributed by atoms with Gasteiger partial charge in [-0.05, 0) is 30.5 Å². The van der Waals surface area contributed by atoms with Crippen molar-refractivity contribution in [3.05, 3.63) is 35.4 Å². The quantitative estimate of drug-likeness (QED) is 0.763. The SMILES string of the molecule is CCCNC(c1ccc(CC)cc1)C(F)(F)C(F)(F)F. The zero-order chi connectivity index (χ0) is 15.4. The number of nitrogens with one attached hydrogen (secondary N) is 1. The molecule has 1 aromatic rings. The first kappa shape index (κ1) is 16.9. The molecule has 1 nitrogen and oxygen atoms in total. The van der Waals surface area contributed by atoms with Crippen molar-refractivity contribution < 1.29 is 22.0 Å². The smallest absolute Gasteiger partial charge is 0.305 e. The zero-order valence-electron chi connectivity index (χ0n) is 11.4. The third-order valence-corrected chi connectivity index (χ3v) is 3.06. The van der Waals surface area contributed by atoms with Gasteiger partial charge in [0.05, 0.1) is 0 Å². The van der Waals surface area contributed by atoms with Crippen LogP contribution in [0.25, 0.3) is 0 Å². The number of hydrogen-bond acceptors (Lipinski definition) is 1. The van der Waals surface area contributed by atoms with Gasteiger partial charge in [-0.1, -0.05) is 38.1 Å². The second-order valence-corrected chi connectivity index (χ2v) is 4.60. The Morgan fingerprint density at radius 2 is 1.55 bits per heavy atom. The summed E-state index contributed by atoms with van der Waals surface area (Å²) < 4.78 is 64.9. The Balaban J connectivity index is 3.10. The summed E-state index contributed by atoms with van der Waals surface area (Å²) in [5, 5.41) is 2.30. The molecule has 0 spiro atoms. The van der Waals surface area contributed by atoms with Crippen molar-refractivity contribution in [2.75, 3.05) is 6.54 Å². The maximum absolute atomic E-state index is 13.6. The minimum atomic E-state index is -5.58. The lowest BCUT2D eigenvalue weighted by molar-refractivity contribution is -0.294. The van der Waals surface area contributed by atoms with Gasteiger partial charge in [0, 0.05) is 0 Å². The third-order valence-electron chi connectivity index (χ3n) is 3.06. The Morgan fingerprint density at radius 3 is 1.95 bits per heavy atom. The van der Waals surface area contributed by atoms with E-state index in [-0.39, 0.29) is 12.1 Å². The van der Waals surface area contributed by atoms with E-state index in [0.29, 0.717) is 12.8 Å². The minimum Gasteiger partial charge on any atom is -0.305 e. The van der Waals surface area contributed by atoms with E-state index in [1.807, 2.05) is 6.92 Å². The fourth-order valence-electron chi connectivity index (χ4n) is 1.85. The topological polar surface area (TPSA) is 12.0 Å². The molecule has 0 aliphatic carbocycles. The molecule has 0 bridgehead atoms. The van der Waals surface area contributed by atoms with Crippen molar-refractivity contribution in [2.24, 2.45) is 0 Å². The van der Waals surface area contributed by atoms with Crippen LogP contribution in [-0.2, 0) is 6.42 Å². The molecule has 1 atom stereocenters. The van der Waals surface area contributed by atoms with Gasteiger partial charge in [0.25, 0.3) is 0 Å². The highest BCUT2D eigenvalue weighted by Crippen LogP contribution is 2.44. The molecular formula is C14H18F5N. The summed E-state index contributed by atoms with van der Waals surface area (Å²) >= 11 is 0. The molecule has 0 aliphatic rings. The molecule has 1 unspecified atom stereocenters. The molecule has 0 radical (unpaired) electrons. The highest BCUT2D eigenvalue weighted by atomic mass is 19.4. The van der Waals surface area contributed by atoms with Gasteiger partial charge in [0.1, 0.15) is 6.04 Å². The van der Waals surface area contributed by atoms with Gasteiger partial charge in [0.2, 0.25) is 0 Å². The molecule has 0 fully saturated rings. The van der Waals surface area contributed by atoms with Gasteiger partial charge in [-0.25, -0.2) is 0 Å². The summed E-state index contributed by atoms with van der Waals surface area (Å²) in [7, 11) is 0. The molecule has 1 aromatic carbocycles. The highest BCUT2D eigenvalue weighted by Gasteiger charge is 2.62. The maximum atomic E-state index is 13.6. The van der Waals surface area contributed by atoms with Gasteiger partial charge in [0.15, 0.2) is 0 Å². The zero-order valence-corrected chi connectivity index (χ0v) is 11.4. The molecule has 114 valence electrons. The van der Waals surface area contributed by atoms with Crippen molar-refractivity contribution in [3.63, 3.8) is 0 Å². The molecule has 0 heterocycles. The molecule has 0 saturated heterocycles. The highest BCUT2D eigenvalue weighted by molar-refractivity contribution is 5.27. The van der Waals surface area contributed by atoms with E-state index in [2.05, 4.69) is 5.32 Å². The van der Waals surface area contributed by atoms with Crippen LogP contribution in [0.1, 0.15) is 37.4 Å². The molecule has 1 N–H and O–H groups in total. The minimum absolute atomic E-state index is 0.0574. The van der Waals surface area contributed by atoms with E-state index in [1.165, 1.54) is 12.1 Å². The Hall–Kier alpha value is -1.17. The fourth-order valence-corrected chi connectivity index (χ4v) is 1.85. The van der Waals surface area contributed by atoms with Crippen LogP contribution in [0, 0.1) is 0 Å². The Labute approximate surface area is 115 Å². The maximum Gasteiger partial charge on any atom is 0.455 e. The summed E-state index contributed by atoms with van der Waals surface area (Å²) in [6, 6.07) is 3.73. The van der Waals surface area contributed by atoms with E-state index in [0.717, 1.165) is 5.56 Å². The van der Waals surface area contributed by atoms with Crippen LogP contribution in [0.5, 0.6) is 0 Å². The number of rotatable bonds is 6. The third kappa shape index (κ3) is 3.69. The first-order valence-electron chi connectivity index (χ1n) is 6.50. The van der Waals surface area contributed by atoms with Gasteiger partial charge < -0.3 is 5.32 Å². The second kappa shape index (κ2) is 6.52. The van der Waals surface area contributed by atoms with Gasteiger partial charge in [-0.2, -0.15) is 22.0 Å². The molecule has 0 saturated carbocycles. The summed E-state index contributed by atoms with van der Waals surface area (Å²) in [5.74, 6) is -4.81. The number of aryl methyl sites for hydroxylation is 1. The fraction of sp³-hybridized carbons (Fsp3) is 0.571. The van der Waals surface area contributed by atoms with E-state index >= 15 is 0 Å². The van der Waals surface area contributed by atoms with Crippen LogP contribution in [-0.4, -0.2) is 18.6 Å². The summed E-state index contributed by atoms with van der Waals surface area (Å²) in [6.45, 7) is 3.67. The molecule has 0 amide bonds. The lowest BCUT2D eigenvalue weighted by Crippen LogP contribution is -2.48. The van der Waals surface area contributed by atoms with Crippen LogP contribution >= 0.6 is 0 Å². The predicted molar refractivity (Wildman–Crippen MR) is 67.9 cm³/mol. The molecule has 6 heteroatoms. The molecule has 0 aromatic heterocycles. The Morgan fingerprint density at radius 1 is 1.00 bits per heavy atom. The van der Waals surface area contributed by atoms with Crippen LogP contribution < -0.4 is 5.32 Å². The van der Waals surface area contributed by atoms with Crippen molar-refractivity contribution in [1.82, 2.24) is 5.32 Å². The normalized spacial score (nSPS) is 14.3. The van der Waals surface area contributed by atoms with Crippen molar-refractivity contribution in [1.29, 1.82) is 0 Å². The van der Waals surface area contributed by atoms with Crippen molar-refractivity contribution >= 4 is 0 Å². The Bertz CT molecular complexity index is 411. The monoisotopic (exact) mass is 295 g/mol. The Kier molecular flexibility index (Phi) is 5.50. The predicted octanol–water partition coefficient (Wildman–Crippen LogP) is 4.49. The van der Waals surface area contributed by atoms with Crippen LogP contribution in [0.15, 0.2) is 24.3 Å². The van der Waals surface area contributed by atoms with E-state index in [9.17, 15) is 22.0 Å². The lowest BCUT2D eigenvalue weighted by atomic mass is 9.98. The number of hydrogen-bond donors (Lipinski definition) is 1. The van der Waals surface area contributed by atoms with Gasteiger partial charge in [-0.3, -0.25) is 0 Å². The molecule has 1 rings (SSSR count). The summed E-state index contributed by atoms with van der Waals surface area (Å²) in [5.41, 5.74) is 0.830. The van der Waals surface area contributed by atoms with Crippen LogP contribution in [0.3, 0.4) is 0 Å². The molecule has 0 aliphatic heterocycles. The van der Waals surface area contributed by atoms with Crippen LogP contribution in [0.4, 0.5) is 22.0 Å². The number of benzene rings is 1.